The van der Waals surface area contributed by atoms with Crippen LogP contribution in [0.3, 0.4) is 0 Å². The van der Waals surface area contributed by atoms with Crippen LogP contribution in [0.1, 0.15) is 15.9 Å². The second-order valence-electron chi connectivity index (χ2n) is 6.47. The fourth-order valence-electron chi connectivity index (χ4n) is 3.21. The fraction of sp³-hybridized carbons (Fsp3) is 0. The quantitative estimate of drug-likeness (QED) is 0.375. The number of halogens is 1. The minimum absolute atomic E-state index is 0.266. The van der Waals surface area contributed by atoms with Crippen LogP contribution < -0.4 is 5.56 Å². The van der Waals surface area contributed by atoms with Gasteiger partial charge in [0, 0.05) is 16.1 Å². The third-order valence-electron chi connectivity index (χ3n) is 4.61. The molecule has 0 unspecified atom stereocenters. The van der Waals surface area contributed by atoms with Crippen molar-refractivity contribution in [3.63, 3.8) is 0 Å². The highest BCUT2D eigenvalue weighted by Crippen LogP contribution is 2.28. The van der Waals surface area contributed by atoms with Crippen molar-refractivity contribution in [1.29, 1.82) is 0 Å². The molecule has 0 aliphatic carbocycles. The molecule has 29 heavy (non-hydrogen) atoms. The van der Waals surface area contributed by atoms with Gasteiger partial charge in [0.2, 0.25) is 0 Å². The van der Waals surface area contributed by atoms with Gasteiger partial charge in [-0.1, -0.05) is 60.1 Å². The second-order valence-corrected chi connectivity index (χ2v) is 6.90. The van der Waals surface area contributed by atoms with Gasteiger partial charge in [-0.15, -0.1) is 0 Å². The van der Waals surface area contributed by atoms with Crippen LogP contribution in [-0.4, -0.2) is 15.5 Å². The van der Waals surface area contributed by atoms with Crippen LogP contribution in [0.15, 0.2) is 89.7 Å². The fourth-order valence-corrected chi connectivity index (χ4v) is 3.34. The summed E-state index contributed by atoms with van der Waals surface area (Å²) < 4.78 is 1.44. The number of ketones is 1. The summed E-state index contributed by atoms with van der Waals surface area (Å²) in [5.41, 5.74) is 1.06. The first-order chi connectivity index (χ1) is 14.1. The smallest absolute Gasteiger partial charge is 0.270 e. The van der Waals surface area contributed by atoms with Gasteiger partial charge in [-0.2, -0.15) is 0 Å². The lowest BCUT2D eigenvalue weighted by Crippen LogP contribution is -2.25. The number of benzene rings is 3. The van der Waals surface area contributed by atoms with Gasteiger partial charge in [0.1, 0.15) is 11.3 Å². The minimum Gasteiger partial charge on any atom is -0.506 e. The van der Waals surface area contributed by atoms with Crippen LogP contribution in [0, 0.1) is 0 Å². The number of fused-ring (bicyclic) bond motifs is 1. The van der Waals surface area contributed by atoms with Crippen LogP contribution >= 0.6 is 11.6 Å². The number of aromatic nitrogens is 1. The largest absolute Gasteiger partial charge is 0.506 e. The summed E-state index contributed by atoms with van der Waals surface area (Å²) in [6, 6.07) is 22.9. The molecule has 0 aliphatic rings. The zero-order chi connectivity index (χ0) is 20.4. The molecule has 4 nitrogen and oxygen atoms in total. The van der Waals surface area contributed by atoms with E-state index in [2.05, 4.69) is 0 Å². The summed E-state index contributed by atoms with van der Waals surface area (Å²) in [5.74, 6) is -0.888. The monoisotopic (exact) mass is 401 g/mol. The number of nitrogens with zero attached hydrogens (tertiary/aromatic N) is 1. The van der Waals surface area contributed by atoms with Crippen molar-refractivity contribution in [2.24, 2.45) is 0 Å². The van der Waals surface area contributed by atoms with Gasteiger partial charge in [-0.05, 0) is 48.0 Å². The van der Waals surface area contributed by atoms with Crippen molar-refractivity contribution in [3.05, 3.63) is 111 Å². The number of rotatable bonds is 4. The van der Waals surface area contributed by atoms with E-state index in [4.69, 9.17) is 11.6 Å². The maximum atomic E-state index is 13.2. The van der Waals surface area contributed by atoms with Gasteiger partial charge in [0.25, 0.3) is 5.56 Å². The lowest BCUT2D eigenvalue weighted by Gasteiger charge is -2.14. The second kappa shape index (κ2) is 7.78. The Bertz CT molecular complexity index is 1290. The van der Waals surface area contributed by atoms with Gasteiger partial charge in [0.15, 0.2) is 5.78 Å². The van der Waals surface area contributed by atoms with E-state index in [1.807, 2.05) is 18.2 Å². The molecule has 3 aromatic carbocycles. The maximum Gasteiger partial charge on any atom is 0.270 e. The molecule has 0 aliphatic heterocycles. The molecule has 0 radical (unpaired) electrons. The molecule has 0 fully saturated rings. The molecule has 0 atom stereocenters. The zero-order valence-corrected chi connectivity index (χ0v) is 16.0. The predicted molar refractivity (Wildman–Crippen MR) is 116 cm³/mol. The highest BCUT2D eigenvalue weighted by Gasteiger charge is 2.21. The van der Waals surface area contributed by atoms with E-state index in [1.54, 1.807) is 66.7 Å². The highest BCUT2D eigenvalue weighted by atomic mass is 35.5. The Morgan fingerprint density at radius 3 is 2.28 bits per heavy atom. The molecule has 142 valence electrons. The third-order valence-corrected chi connectivity index (χ3v) is 4.86. The number of pyridine rings is 1. The lowest BCUT2D eigenvalue weighted by atomic mass is 10.0. The number of hydrogen-bond acceptors (Lipinski definition) is 3. The highest BCUT2D eigenvalue weighted by molar-refractivity contribution is 6.30. The van der Waals surface area contributed by atoms with Crippen molar-refractivity contribution in [2.75, 3.05) is 0 Å². The predicted octanol–water partition coefficient (Wildman–Crippen LogP) is 5.25. The van der Waals surface area contributed by atoms with Crippen molar-refractivity contribution >= 4 is 34.4 Å². The molecule has 0 amide bonds. The van der Waals surface area contributed by atoms with Crippen molar-refractivity contribution in [2.45, 2.75) is 0 Å². The minimum atomic E-state index is -0.571. The summed E-state index contributed by atoms with van der Waals surface area (Å²) in [6.45, 7) is 0. The number of aromatic hydroxyl groups is 1. The summed E-state index contributed by atoms with van der Waals surface area (Å²) in [6.07, 6.45) is 2.86. The Morgan fingerprint density at radius 2 is 1.55 bits per heavy atom. The molecule has 1 N–H and O–H groups in total. The van der Waals surface area contributed by atoms with Crippen LogP contribution in [0.2, 0.25) is 5.02 Å². The average Bonchev–Trinajstić information content (AvgIpc) is 2.74. The Balaban J connectivity index is 1.89. The molecule has 1 aromatic heterocycles. The van der Waals surface area contributed by atoms with Crippen LogP contribution in [0.25, 0.3) is 22.7 Å². The number of carbonyl (C=O) groups is 1. The number of carbonyl (C=O) groups excluding carboxylic acids is 1. The molecule has 0 saturated carbocycles. The summed E-state index contributed by atoms with van der Waals surface area (Å²) >= 11 is 5.87. The van der Waals surface area contributed by atoms with Gasteiger partial charge >= 0.3 is 0 Å². The molecule has 4 rings (SSSR count). The van der Waals surface area contributed by atoms with E-state index in [0.29, 0.717) is 21.6 Å². The molecule has 4 aromatic rings. The van der Waals surface area contributed by atoms with Gasteiger partial charge in [-0.25, -0.2) is 0 Å². The van der Waals surface area contributed by atoms with Crippen molar-refractivity contribution < 1.29 is 9.90 Å². The summed E-state index contributed by atoms with van der Waals surface area (Å²) in [7, 11) is 0. The summed E-state index contributed by atoms with van der Waals surface area (Å²) in [5, 5.41) is 11.7. The van der Waals surface area contributed by atoms with Gasteiger partial charge in [-0.3, -0.25) is 14.2 Å². The van der Waals surface area contributed by atoms with Crippen molar-refractivity contribution in [1.82, 2.24) is 4.57 Å². The maximum absolute atomic E-state index is 13.2. The normalized spacial score (nSPS) is 11.2. The van der Waals surface area contributed by atoms with E-state index in [-0.39, 0.29) is 11.3 Å². The lowest BCUT2D eigenvalue weighted by molar-refractivity contribution is 0.104. The Hall–Kier alpha value is -3.63. The van der Waals surface area contributed by atoms with E-state index in [9.17, 15) is 14.7 Å². The van der Waals surface area contributed by atoms with Crippen LogP contribution in [-0.2, 0) is 0 Å². The topological polar surface area (TPSA) is 59.3 Å². The molecular formula is C24H16ClNO3. The SMILES string of the molecule is O=C(/C=C/c1ccc(Cl)cc1)c1c(O)c2ccccc2n(-c2ccccc2)c1=O. The molecule has 0 bridgehead atoms. The van der Waals surface area contributed by atoms with Crippen molar-refractivity contribution in [3.8, 4) is 11.4 Å². The van der Waals surface area contributed by atoms with Gasteiger partial charge < -0.3 is 5.11 Å². The zero-order valence-electron chi connectivity index (χ0n) is 15.2. The standard InChI is InChI=1S/C24H16ClNO3/c25-17-13-10-16(11-14-17)12-15-21(27)22-23(28)19-8-4-5-9-20(19)26(24(22)29)18-6-2-1-3-7-18/h1-15,28H/b15-12+. The van der Waals surface area contributed by atoms with Gasteiger partial charge in [0.05, 0.1) is 5.52 Å². The summed E-state index contributed by atoms with van der Waals surface area (Å²) in [4.78, 5) is 26.1. The first-order valence-electron chi connectivity index (χ1n) is 8.96. The molecule has 0 spiro atoms. The average molecular weight is 402 g/mol. The molecule has 0 saturated heterocycles. The number of hydrogen-bond donors (Lipinski definition) is 1. The van der Waals surface area contributed by atoms with E-state index in [1.165, 1.54) is 10.6 Å². The molecule has 5 heteroatoms. The van der Waals surface area contributed by atoms with E-state index < -0.39 is 11.3 Å². The van der Waals surface area contributed by atoms with Crippen LogP contribution in [0.4, 0.5) is 0 Å². The van der Waals surface area contributed by atoms with E-state index >= 15 is 0 Å². The molecule has 1 heterocycles. The Labute approximate surface area is 171 Å². The number of para-hydroxylation sites is 2. The van der Waals surface area contributed by atoms with E-state index in [0.717, 1.165) is 5.56 Å². The number of allylic oxidation sites excluding steroid dienone is 1. The first kappa shape index (κ1) is 18.7. The first-order valence-corrected chi connectivity index (χ1v) is 9.34. The van der Waals surface area contributed by atoms with Crippen LogP contribution in [0.5, 0.6) is 5.75 Å². The Kier molecular flexibility index (Phi) is 5.02. The third kappa shape index (κ3) is 3.58. The molecular weight excluding hydrogens is 386 g/mol. The Morgan fingerprint density at radius 1 is 0.897 bits per heavy atom.